The summed E-state index contributed by atoms with van der Waals surface area (Å²) in [4.78, 5) is 1.35. The van der Waals surface area contributed by atoms with Crippen molar-refractivity contribution in [2.45, 2.75) is 9.79 Å². The molecule has 92 valence electrons. The van der Waals surface area contributed by atoms with E-state index in [1.807, 2.05) is 30.3 Å². The number of rotatable bonds is 1. The minimum Gasteiger partial charge on any atom is -0.399 e. The first-order valence-corrected chi connectivity index (χ1v) is 6.35. The van der Waals surface area contributed by atoms with Gasteiger partial charge in [0.15, 0.2) is 11.1 Å². The van der Waals surface area contributed by atoms with Crippen molar-refractivity contribution in [3.8, 4) is 0 Å². The summed E-state index contributed by atoms with van der Waals surface area (Å²) in [6.07, 6.45) is 0. The Balaban J connectivity index is 0.000000321. The topological polar surface area (TPSA) is 63.3 Å². The maximum absolute atomic E-state index is 10.4. The average Bonchev–Trinajstić information content (AvgIpc) is 2.31. The van der Waals surface area contributed by atoms with Crippen LogP contribution in [-0.4, -0.2) is 8.76 Å². The predicted molar refractivity (Wildman–Crippen MR) is 73.6 cm³/mol. The number of thiol groups is 1. The molecule has 0 fully saturated rings. The van der Waals surface area contributed by atoms with Gasteiger partial charge >= 0.3 is 0 Å². The maximum atomic E-state index is 10.4. The van der Waals surface area contributed by atoms with Crippen LogP contribution >= 0.6 is 12.6 Å². The van der Waals surface area contributed by atoms with Crippen LogP contribution in [0.3, 0.4) is 0 Å². The van der Waals surface area contributed by atoms with E-state index in [0.717, 1.165) is 4.90 Å². The van der Waals surface area contributed by atoms with Gasteiger partial charge < -0.3 is 10.3 Å². The van der Waals surface area contributed by atoms with Gasteiger partial charge in [-0.1, -0.05) is 24.3 Å². The molecule has 0 aromatic heterocycles. The van der Waals surface area contributed by atoms with E-state index in [1.165, 1.54) is 6.07 Å². The smallest absolute Gasteiger partial charge is 0.186 e. The summed E-state index contributed by atoms with van der Waals surface area (Å²) in [6, 6.07) is 16.1. The van der Waals surface area contributed by atoms with E-state index in [1.54, 1.807) is 18.2 Å². The molecule has 2 aromatic rings. The molecular weight excluding hydrogens is 320 g/mol. The molecule has 1 atom stereocenters. The molecule has 2 rings (SSSR count). The fourth-order valence-electron chi connectivity index (χ4n) is 1.05. The molecule has 0 aliphatic heterocycles. The van der Waals surface area contributed by atoms with Gasteiger partial charge in [0, 0.05) is 30.1 Å². The molecule has 0 saturated carbocycles. The standard InChI is InChI=1S/C6H7NO2S.C6H6S.Zn/c7-5-2-1-3-6(4-5)10(8)9;7-6-4-2-1-3-5-6;/h1-4H,7H2,(H,8,9);1-5,7H;. The van der Waals surface area contributed by atoms with Crippen molar-refractivity contribution < 1.29 is 28.2 Å². The van der Waals surface area contributed by atoms with Crippen molar-refractivity contribution >= 4 is 29.4 Å². The molecule has 0 spiro atoms. The van der Waals surface area contributed by atoms with Crippen LogP contribution < -0.4 is 5.73 Å². The predicted octanol–water partition coefficient (Wildman–Crippen LogP) is 2.82. The van der Waals surface area contributed by atoms with Crippen LogP contribution in [0.1, 0.15) is 0 Å². The molecule has 1 unspecified atom stereocenters. The average molecular weight is 333 g/mol. The molecule has 0 aliphatic carbocycles. The first kappa shape index (κ1) is 17.3. The van der Waals surface area contributed by atoms with Gasteiger partial charge in [0.1, 0.15) is 0 Å². The fraction of sp³-hybridized carbons (Fsp3) is 0. The third kappa shape index (κ3) is 6.91. The Hall–Kier alpha value is -0.677. The summed E-state index contributed by atoms with van der Waals surface area (Å²) >= 11 is 2.17. The van der Waals surface area contributed by atoms with Crippen LogP contribution in [-0.2, 0) is 30.6 Å². The molecular formula is C12H13NO2S2Zn. The van der Waals surface area contributed by atoms with Gasteiger partial charge in [-0.05, 0) is 30.3 Å². The Morgan fingerprint density at radius 2 is 1.67 bits per heavy atom. The summed E-state index contributed by atoms with van der Waals surface area (Å²) < 4.78 is 19.0. The maximum Gasteiger partial charge on any atom is 0.186 e. The summed E-state index contributed by atoms with van der Waals surface area (Å²) in [6.45, 7) is 0. The van der Waals surface area contributed by atoms with E-state index in [-0.39, 0.29) is 19.5 Å². The second-order valence-corrected chi connectivity index (χ2v) is 4.64. The second-order valence-electron chi connectivity index (χ2n) is 3.16. The van der Waals surface area contributed by atoms with Gasteiger partial charge in [-0.25, -0.2) is 4.21 Å². The second kappa shape index (κ2) is 9.28. The van der Waals surface area contributed by atoms with Crippen LogP contribution in [0.5, 0.6) is 0 Å². The Morgan fingerprint density at radius 3 is 2.00 bits per heavy atom. The molecule has 0 aliphatic rings. The van der Waals surface area contributed by atoms with E-state index in [0.29, 0.717) is 10.6 Å². The number of hydrogen-bond acceptors (Lipinski definition) is 3. The molecule has 18 heavy (non-hydrogen) atoms. The van der Waals surface area contributed by atoms with Crippen LogP contribution in [0.2, 0.25) is 0 Å². The number of benzene rings is 2. The Kier molecular flexibility index (Phi) is 8.93. The van der Waals surface area contributed by atoms with Crippen molar-refractivity contribution in [3.05, 3.63) is 54.6 Å². The van der Waals surface area contributed by atoms with Crippen molar-refractivity contribution in [2.75, 3.05) is 5.73 Å². The number of anilines is 1. The summed E-state index contributed by atoms with van der Waals surface area (Å²) in [7, 11) is 0. The summed E-state index contributed by atoms with van der Waals surface area (Å²) in [5.41, 5.74) is 5.85. The summed E-state index contributed by atoms with van der Waals surface area (Å²) in [5.74, 6) is 0. The third-order valence-electron chi connectivity index (χ3n) is 1.82. The minimum absolute atomic E-state index is 0. The van der Waals surface area contributed by atoms with Gasteiger partial charge in [-0.2, -0.15) is 0 Å². The van der Waals surface area contributed by atoms with Gasteiger partial charge in [0.2, 0.25) is 0 Å². The van der Waals surface area contributed by atoms with E-state index in [4.69, 9.17) is 10.3 Å². The van der Waals surface area contributed by atoms with E-state index < -0.39 is 11.1 Å². The first-order valence-electron chi connectivity index (χ1n) is 4.80. The van der Waals surface area contributed by atoms with Crippen molar-refractivity contribution in [1.82, 2.24) is 0 Å². The minimum atomic E-state index is -1.92. The largest absolute Gasteiger partial charge is 0.399 e. The van der Waals surface area contributed by atoms with Crippen LogP contribution in [0.25, 0.3) is 0 Å². The number of nitrogens with two attached hydrogens (primary N) is 1. The summed E-state index contributed by atoms with van der Waals surface area (Å²) in [5, 5.41) is 0. The van der Waals surface area contributed by atoms with Crippen molar-refractivity contribution in [2.24, 2.45) is 0 Å². The molecule has 6 heteroatoms. The molecule has 0 radical (unpaired) electrons. The van der Waals surface area contributed by atoms with E-state index in [9.17, 15) is 4.21 Å². The number of hydrogen-bond donors (Lipinski definition) is 3. The SMILES string of the molecule is Nc1cccc(S(=O)O)c1.Sc1ccccc1.[Zn]. The van der Waals surface area contributed by atoms with Crippen molar-refractivity contribution in [3.63, 3.8) is 0 Å². The Morgan fingerprint density at radius 1 is 1.06 bits per heavy atom. The molecule has 0 amide bonds. The van der Waals surface area contributed by atoms with E-state index in [2.05, 4.69) is 12.6 Å². The Bertz CT molecular complexity index is 494. The van der Waals surface area contributed by atoms with Crippen molar-refractivity contribution in [1.29, 1.82) is 0 Å². The molecule has 2 aromatic carbocycles. The van der Waals surface area contributed by atoms with E-state index >= 15 is 0 Å². The zero-order valence-electron chi connectivity index (χ0n) is 9.69. The van der Waals surface area contributed by atoms with Crippen LogP contribution in [0.4, 0.5) is 5.69 Å². The first-order chi connectivity index (χ1) is 8.09. The van der Waals surface area contributed by atoms with Crippen LogP contribution in [0.15, 0.2) is 64.4 Å². The molecule has 3 nitrogen and oxygen atoms in total. The monoisotopic (exact) mass is 331 g/mol. The van der Waals surface area contributed by atoms with Gasteiger partial charge in [-0.3, -0.25) is 0 Å². The molecule has 0 heterocycles. The third-order valence-corrected chi connectivity index (χ3v) is 2.77. The molecule has 0 bridgehead atoms. The van der Waals surface area contributed by atoms with Gasteiger partial charge in [0.25, 0.3) is 0 Å². The molecule has 3 N–H and O–H groups in total. The number of nitrogen functional groups attached to an aromatic ring is 1. The van der Waals surface area contributed by atoms with Gasteiger partial charge in [-0.15, -0.1) is 12.6 Å². The van der Waals surface area contributed by atoms with Gasteiger partial charge in [0.05, 0.1) is 4.90 Å². The fourth-order valence-corrected chi connectivity index (χ4v) is 1.66. The van der Waals surface area contributed by atoms with Crippen LogP contribution in [0, 0.1) is 0 Å². The zero-order chi connectivity index (χ0) is 12.7. The normalized spacial score (nSPS) is 10.6. The zero-order valence-corrected chi connectivity index (χ0v) is 14.4. The quantitative estimate of drug-likeness (QED) is 0.326. The molecule has 0 saturated heterocycles. The Labute approximate surface area is 127 Å².